The van der Waals surface area contributed by atoms with E-state index in [1.54, 1.807) is 24.3 Å². The van der Waals surface area contributed by atoms with Crippen LogP contribution in [0.5, 0.6) is 0 Å². The number of rotatable bonds is 2. The van der Waals surface area contributed by atoms with Crippen LogP contribution in [0.2, 0.25) is 0 Å². The van der Waals surface area contributed by atoms with Gasteiger partial charge in [-0.25, -0.2) is 0 Å². The number of hydrogen-bond acceptors (Lipinski definition) is 0. The van der Waals surface area contributed by atoms with Crippen molar-refractivity contribution in [2.75, 3.05) is 0 Å². The molecule has 20 heavy (non-hydrogen) atoms. The molecule has 2 rings (SSSR count). The molecular weight excluding hydrogens is 275 g/mol. The molecule has 0 saturated carbocycles. The molecule has 2 aromatic rings. The van der Waals surface area contributed by atoms with Crippen molar-refractivity contribution in [2.45, 2.75) is 12.1 Å². The van der Waals surface area contributed by atoms with Crippen LogP contribution in [-0.2, 0) is 5.92 Å². The number of hydrogen-bond donors (Lipinski definition) is 0. The van der Waals surface area contributed by atoms with E-state index < -0.39 is 17.7 Å². The molecule has 1 radical (unpaired) electrons. The van der Waals surface area contributed by atoms with E-state index in [0.717, 1.165) is 12.1 Å². The van der Waals surface area contributed by atoms with Crippen LogP contribution in [0.4, 0.5) is 22.0 Å². The Morgan fingerprint density at radius 2 is 1.30 bits per heavy atom. The minimum Gasteiger partial charge on any atom is -0.191 e. The Hall–Kier alpha value is -1.91. The molecule has 0 atom stereocenters. The molecule has 0 fully saturated rings. The summed E-state index contributed by atoms with van der Waals surface area (Å²) in [6, 6.07) is 11.0. The van der Waals surface area contributed by atoms with E-state index in [1.165, 1.54) is 12.1 Å². The van der Waals surface area contributed by atoms with Crippen molar-refractivity contribution < 1.29 is 22.0 Å². The Morgan fingerprint density at radius 1 is 0.750 bits per heavy atom. The molecule has 0 aliphatic heterocycles. The minimum atomic E-state index is -5.60. The van der Waals surface area contributed by atoms with Gasteiger partial charge in [-0.05, 0) is 23.6 Å². The summed E-state index contributed by atoms with van der Waals surface area (Å²) >= 11 is 0. The van der Waals surface area contributed by atoms with E-state index in [-0.39, 0.29) is 0 Å². The fraction of sp³-hybridized carbons (Fsp3) is 0.133. The van der Waals surface area contributed by atoms with Gasteiger partial charge >= 0.3 is 12.1 Å². The summed E-state index contributed by atoms with van der Waals surface area (Å²) in [5.41, 5.74) is 0.824. The Labute approximate surface area is 112 Å². The second kappa shape index (κ2) is 4.89. The molecule has 0 aliphatic carbocycles. The molecule has 0 bridgehead atoms. The SMILES string of the molecule is [CH2]c1ccccc1-c1ccc(C(F)(F)C(F)(F)F)cc1. The summed E-state index contributed by atoms with van der Waals surface area (Å²) in [5.74, 6) is -4.85. The van der Waals surface area contributed by atoms with Crippen molar-refractivity contribution in [3.05, 3.63) is 66.6 Å². The predicted molar refractivity (Wildman–Crippen MR) is 66.3 cm³/mol. The highest BCUT2D eigenvalue weighted by Gasteiger charge is 2.58. The van der Waals surface area contributed by atoms with Gasteiger partial charge in [0.1, 0.15) is 0 Å². The lowest BCUT2D eigenvalue weighted by Crippen LogP contribution is -2.33. The summed E-state index contributed by atoms with van der Waals surface area (Å²) in [5, 5.41) is 0. The Morgan fingerprint density at radius 3 is 1.80 bits per heavy atom. The zero-order chi connectivity index (χ0) is 15.0. The van der Waals surface area contributed by atoms with Crippen LogP contribution in [0.1, 0.15) is 11.1 Å². The Bertz CT molecular complexity index is 596. The van der Waals surface area contributed by atoms with Gasteiger partial charge in [-0.3, -0.25) is 0 Å². The van der Waals surface area contributed by atoms with Gasteiger partial charge in [0.05, 0.1) is 0 Å². The average molecular weight is 285 g/mol. The van der Waals surface area contributed by atoms with Crippen molar-refractivity contribution in [3.63, 3.8) is 0 Å². The molecule has 105 valence electrons. The van der Waals surface area contributed by atoms with Crippen LogP contribution in [0.15, 0.2) is 48.5 Å². The smallest absolute Gasteiger partial charge is 0.191 e. The minimum absolute atomic E-state index is 0.539. The second-order valence-corrected chi connectivity index (χ2v) is 4.31. The lowest BCUT2D eigenvalue weighted by atomic mass is 9.98. The van der Waals surface area contributed by atoms with Crippen molar-refractivity contribution in [1.82, 2.24) is 0 Å². The van der Waals surface area contributed by atoms with Crippen molar-refractivity contribution in [3.8, 4) is 11.1 Å². The second-order valence-electron chi connectivity index (χ2n) is 4.31. The molecule has 2 aromatic carbocycles. The van der Waals surface area contributed by atoms with Gasteiger partial charge in [-0.2, -0.15) is 22.0 Å². The van der Waals surface area contributed by atoms with Crippen LogP contribution < -0.4 is 0 Å². The van der Waals surface area contributed by atoms with Gasteiger partial charge < -0.3 is 0 Å². The van der Waals surface area contributed by atoms with Crippen LogP contribution in [0, 0.1) is 6.92 Å². The third-order valence-corrected chi connectivity index (χ3v) is 2.93. The first-order chi connectivity index (χ1) is 9.23. The molecule has 0 amide bonds. The highest BCUT2D eigenvalue weighted by atomic mass is 19.4. The maximum atomic E-state index is 13.1. The van der Waals surface area contributed by atoms with E-state index >= 15 is 0 Å². The molecule has 0 spiro atoms. The van der Waals surface area contributed by atoms with Gasteiger partial charge in [0.2, 0.25) is 0 Å². The van der Waals surface area contributed by atoms with Gasteiger partial charge in [0.25, 0.3) is 0 Å². The monoisotopic (exact) mass is 285 g/mol. The molecule has 0 nitrogen and oxygen atoms in total. The highest BCUT2D eigenvalue weighted by Crippen LogP contribution is 2.44. The van der Waals surface area contributed by atoms with Gasteiger partial charge in [-0.1, -0.05) is 48.5 Å². The lowest BCUT2D eigenvalue weighted by molar-refractivity contribution is -0.289. The average Bonchev–Trinajstić information content (AvgIpc) is 2.38. The highest BCUT2D eigenvalue weighted by molar-refractivity contribution is 5.68. The normalized spacial score (nSPS) is 12.5. The topological polar surface area (TPSA) is 0 Å². The molecule has 5 heteroatoms. The first-order valence-electron chi connectivity index (χ1n) is 5.70. The third kappa shape index (κ3) is 2.53. The molecule has 0 heterocycles. The standard InChI is InChI=1S/C15H10F5/c1-10-4-2-3-5-13(10)11-6-8-12(9-7-11)14(16,17)15(18,19)20/h2-9H,1H2. The van der Waals surface area contributed by atoms with Crippen molar-refractivity contribution in [1.29, 1.82) is 0 Å². The molecule has 0 N–H and O–H groups in total. The van der Waals surface area contributed by atoms with Crippen LogP contribution >= 0.6 is 0 Å². The maximum Gasteiger partial charge on any atom is 0.458 e. The Kier molecular flexibility index (Phi) is 3.54. The van der Waals surface area contributed by atoms with Crippen molar-refractivity contribution >= 4 is 0 Å². The fourth-order valence-electron chi connectivity index (χ4n) is 1.82. The van der Waals surface area contributed by atoms with Crippen LogP contribution in [0.25, 0.3) is 11.1 Å². The van der Waals surface area contributed by atoms with Crippen LogP contribution in [0.3, 0.4) is 0 Å². The molecular formula is C15H10F5. The van der Waals surface area contributed by atoms with E-state index in [2.05, 4.69) is 6.92 Å². The molecule has 0 unspecified atom stereocenters. The maximum absolute atomic E-state index is 13.1. The predicted octanol–water partition coefficient (Wildman–Crippen LogP) is 5.19. The van der Waals surface area contributed by atoms with E-state index in [0.29, 0.717) is 16.7 Å². The van der Waals surface area contributed by atoms with Gasteiger partial charge in [0, 0.05) is 5.56 Å². The van der Waals surface area contributed by atoms with Crippen LogP contribution in [-0.4, -0.2) is 6.18 Å². The lowest BCUT2D eigenvalue weighted by Gasteiger charge is -2.20. The van der Waals surface area contributed by atoms with Gasteiger partial charge in [-0.15, -0.1) is 0 Å². The number of benzene rings is 2. The first-order valence-corrected chi connectivity index (χ1v) is 5.70. The first kappa shape index (κ1) is 14.5. The van der Waals surface area contributed by atoms with E-state index in [1.807, 2.05) is 0 Å². The van der Waals surface area contributed by atoms with Gasteiger partial charge in [0.15, 0.2) is 0 Å². The fourth-order valence-corrected chi connectivity index (χ4v) is 1.82. The molecule has 0 aromatic heterocycles. The summed E-state index contributed by atoms with van der Waals surface area (Å²) < 4.78 is 63.0. The summed E-state index contributed by atoms with van der Waals surface area (Å²) in [7, 11) is 0. The summed E-state index contributed by atoms with van der Waals surface area (Å²) in [6.07, 6.45) is -5.60. The molecule has 0 saturated heterocycles. The zero-order valence-corrected chi connectivity index (χ0v) is 10.2. The zero-order valence-electron chi connectivity index (χ0n) is 10.2. The molecule has 0 aliphatic rings. The van der Waals surface area contributed by atoms with E-state index in [4.69, 9.17) is 0 Å². The largest absolute Gasteiger partial charge is 0.458 e. The van der Waals surface area contributed by atoms with Crippen molar-refractivity contribution in [2.24, 2.45) is 0 Å². The van der Waals surface area contributed by atoms with E-state index in [9.17, 15) is 22.0 Å². The number of alkyl halides is 5. The number of halogens is 5. The summed E-state index contributed by atoms with van der Waals surface area (Å²) in [6.45, 7) is 3.78. The Balaban J connectivity index is 2.39. The third-order valence-electron chi connectivity index (χ3n) is 2.93. The quantitative estimate of drug-likeness (QED) is 0.666. The summed E-state index contributed by atoms with van der Waals surface area (Å²) in [4.78, 5) is 0.